The Morgan fingerprint density at radius 2 is 1.54 bits per heavy atom. The van der Waals surface area contributed by atoms with Gasteiger partial charge in [-0.15, -0.1) is 11.3 Å². The third kappa shape index (κ3) is 10.5. The molecular formula is C44H54FN4O10PS. The number of esters is 2. The molecule has 0 saturated carbocycles. The smallest absolute Gasteiger partial charge is 0.374 e. The molecule has 14 nitrogen and oxygen atoms in total. The summed E-state index contributed by atoms with van der Waals surface area (Å²) in [5.74, 6) is -5.30. The van der Waals surface area contributed by atoms with Crippen LogP contribution < -0.4 is 5.32 Å². The van der Waals surface area contributed by atoms with E-state index in [1.54, 1.807) is 57.4 Å². The first-order valence-corrected chi connectivity index (χ1v) is 23.0. The molecule has 17 heteroatoms. The number of amides is 3. The van der Waals surface area contributed by atoms with Crippen molar-refractivity contribution < 1.29 is 51.4 Å². The molecule has 3 aromatic rings. The van der Waals surface area contributed by atoms with Crippen molar-refractivity contribution in [3.8, 4) is 6.07 Å². The highest BCUT2D eigenvalue weighted by molar-refractivity contribution is 7.54. The van der Waals surface area contributed by atoms with E-state index in [-0.39, 0.29) is 46.7 Å². The number of thiophene rings is 1. The number of nitrogens with zero attached hydrogens (tertiary/aromatic N) is 3. The molecule has 3 amide bonds. The van der Waals surface area contributed by atoms with Gasteiger partial charge in [-0.25, -0.2) is 4.39 Å². The SMILES string of the molecule is CC(C)(C)C(=O)OCOP(=O)(OCOC(=O)C(C)(C)C)[C@H](F)c1ccc2sc(C(=O)N[C@H]3CCCCC4CC[C@@H](C(=O)N5C[C@H](c6ccccc6)[C@@H](C#N)C5)N4C3=O)cc2c1. The molecule has 0 bridgehead atoms. The standard InChI is InChI=1S/C44H54FN4O10PS/c1-43(2,3)41(53)56-25-58-60(55,59-26-57-42(54)44(4,5)6)37(45)28-16-19-35-29(20-28)21-36(61-35)38(50)47-33-15-11-10-14-31-17-18-34(49(31)39(33)51)40(52)48-23-30(22-46)32(24-48)27-12-8-7-9-13-27/h7-9,12-13,16,19-21,30-34,37H,10-11,14-15,17-18,23-26H2,1-6H3,(H,47,50)/t30-,31?,32+,33-,34-,37-/m0/s1. The van der Waals surface area contributed by atoms with Crippen molar-refractivity contribution in [1.82, 2.24) is 15.1 Å². The Bertz CT molecular complexity index is 2180. The summed E-state index contributed by atoms with van der Waals surface area (Å²) in [5, 5.41) is 13.3. The molecule has 0 aliphatic carbocycles. The molecule has 3 saturated heterocycles. The van der Waals surface area contributed by atoms with Gasteiger partial charge in [0.15, 0.2) is 0 Å². The first kappa shape index (κ1) is 45.8. The highest BCUT2D eigenvalue weighted by Gasteiger charge is 2.47. The van der Waals surface area contributed by atoms with Crippen LogP contribution in [-0.2, 0) is 42.3 Å². The Hall–Kier alpha value is -4.68. The first-order chi connectivity index (χ1) is 28.8. The molecule has 3 fully saturated rings. The summed E-state index contributed by atoms with van der Waals surface area (Å²) in [6, 6.07) is 16.2. The number of hydrogen-bond donors (Lipinski definition) is 1. The van der Waals surface area contributed by atoms with E-state index >= 15 is 4.39 Å². The third-order valence-corrected chi connectivity index (χ3v) is 14.2. The maximum Gasteiger partial charge on any atom is 0.374 e. The summed E-state index contributed by atoms with van der Waals surface area (Å²) >= 11 is 1.12. The molecule has 328 valence electrons. The molecular weight excluding hydrogens is 827 g/mol. The Morgan fingerprint density at radius 3 is 2.16 bits per heavy atom. The van der Waals surface area contributed by atoms with Crippen molar-refractivity contribution in [3.05, 3.63) is 70.6 Å². The number of benzene rings is 2. The van der Waals surface area contributed by atoms with E-state index in [9.17, 15) is 33.8 Å². The summed E-state index contributed by atoms with van der Waals surface area (Å²) in [6.07, 6.45) is 3.84. The van der Waals surface area contributed by atoms with Gasteiger partial charge >= 0.3 is 19.5 Å². The summed E-state index contributed by atoms with van der Waals surface area (Å²) in [7, 11) is -4.81. The van der Waals surface area contributed by atoms with E-state index in [2.05, 4.69) is 11.4 Å². The molecule has 3 aliphatic heterocycles. The van der Waals surface area contributed by atoms with Crippen molar-refractivity contribution in [2.75, 3.05) is 26.7 Å². The van der Waals surface area contributed by atoms with Gasteiger partial charge in [-0.1, -0.05) is 49.2 Å². The zero-order valence-electron chi connectivity index (χ0n) is 35.4. The van der Waals surface area contributed by atoms with Gasteiger partial charge in [0.25, 0.3) is 5.91 Å². The fraction of sp³-hybridized carbons (Fsp3) is 0.545. The largest absolute Gasteiger partial charge is 0.438 e. The number of hydrogen-bond acceptors (Lipinski definition) is 12. The molecule has 6 atom stereocenters. The zero-order valence-corrected chi connectivity index (χ0v) is 37.1. The first-order valence-electron chi connectivity index (χ1n) is 20.6. The minimum atomic E-state index is -4.81. The summed E-state index contributed by atoms with van der Waals surface area (Å²) < 4.78 is 51.4. The molecule has 0 spiro atoms. The van der Waals surface area contributed by atoms with E-state index in [1.807, 2.05) is 30.3 Å². The van der Waals surface area contributed by atoms with Crippen LogP contribution in [-0.4, -0.2) is 84.3 Å². The lowest BCUT2D eigenvalue weighted by molar-refractivity contribution is -0.162. The maximum atomic E-state index is 16.3. The lowest BCUT2D eigenvalue weighted by atomic mass is 9.90. The summed E-state index contributed by atoms with van der Waals surface area (Å²) in [5.41, 5.74) is -0.990. The molecule has 61 heavy (non-hydrogen) atoms. The lowest BCUT2D eigenvalue weighted by Crippen LogP contribution is -2.56. The van der Waals surface area contributed by atoms with E-state index < -0.39 is 67.9 Å². The average Bonchev–Trinajstić information content (AvgIpc) is 3.97. The second kappa shape index (κ2) is 18.7. The van der Waals surface area contributed by atoms with Gasteiger partial charge in [-0.3, -0.25) is 37.6 Å². The van der Waals surface area contributed by atoms with Gasteiger partial charge in [-0.05, 0) is 102 Å². The highest BCUT2D eigenvalue weighted by Crippen LogP contribution is 2.62. The molecule has 0 radical (unpaired) electrons. The maximum absolute atomic E-state index is 16.3. The molecule has 1 aromatic heterocycles. The fourth-order valence-corrected chi connectivity index (χ4v) is 10.1. The number of alkyl halides is 1. The topological polar surface area (TPSA) is 182 Å². The highest BCUT2D eigenvalue weighted by atomic mass is 32.1. The molecule has 6 rings (SSSR count). The molecule has 3 aliphatic rings. The fourth-order valence-electron chi connectivity index (χ4n) is 7.91. The average molecular weight is 881 g/mol. The number of nitrogens with one attached hydrogen (secondary N) is 1. The second-order valence-corrected chi connectivity index (χ2v) is 21.1. The van der Waals surface area contributed by atoms with E-state index in [1.165, 1.54) is 18.2 Å². The van der Waals surface area contributed by atoms with E-state index in [4.69, 9.17) is 18.5 Å². The summed E-state index contributed by atoms with van der Waals surface area (Å²) in [4.78, 5) is 70.6. The van der Waals surface area contributed by atoms with Crippen molar-refractivity contribution in [1.29, 1.82) is 5.26 Å². The van der Waals surface area contributed by atoms with Crippen LogP contribution in [0.4, 0.5) is 4.39 Å². The molecule has 2 aromatic carbocycles. The number of likely N-dealkylation sites (tertiary alicyclic amines) is 1. The van der Waals surface area contributed by atoms with Crippen LogP contribution in [0.1, 0.15) is 113 Å². The Labute approximate surface area is 359 Å². The van der Waals surface area contributed by atoms with Crippen molar-refractivity contribution >= 4 is 58.7 Å². The van der Waals surface area contributed by atoms with Crippen LogP contribution >= 0.6 is 18.9 Å². The molecule has 4 heterocycles. The van der Waals surface area contributed by atoms with E-state index in [0.717, 1.165) is 29.7 Å². The van der Waals surface area contributed by atoms with Crippen LogP contribution in [0.5, 0.6) is 0 Å². The Kier molecular flexibility index (Phi) is 14.1. The number of rotatable bonds is 12. The quantitative estimate of drug-likeness (QED) is 0.106. The van der Waals surface area contributed by atoms with Crippen LogP contribution in [0.2, 0.25) is 0 Å². The number of nitriles is 1. The monoisotopic (exact) mass is 880 g/mol. The number of carbonyl (C=O) groups is 5. The van der Waals surface area contributed by atoms with Gasteiger partial charge in [0.1, 0.15) is 12.1 Å². The van der Waals surface area contributed by atoms with Crippen molar-refractivity contribution in [3.63, 3.8) is 0 Å². The molecule has 1 unspecified atom stereocenters. The predicted molar refractivity (Wildman–Crippen MR) is 225 cm³/mol. The normalized spacial score (nSPS) is 22.8. The van der Waals surface area contributed by atoms with Crippen LogP contribution in [0.15, 0.2) is 54.6 Å². The number of halogens is 1. The van der Waals surface area contributed by atoms with Crippen LogP contribution in [0, 0.1) is 28.1 Å². The Morgan fingerprint density at radius 1 is 0.902 bits per heavy atom. The predicted octanol–water partition coefficient (Wildman–Crippen LogP) is 7.99. The molecule has 1 N–H and O–H groups in total. The van der Waals surface area contributed by atoms with Crippen molar-refractivity contribution in [2.24, 2.45) is 16.7 Å². The number of carbonyl (C=O) groups excluding carboxylic acids is 5. The minimum Gasteiger partial charge on any atom is -0.438 e. The van der Waals surface area contributed by atoms with Gasteiger partial charge < -0.3 is 24.6 Å². The second-order valence-electron chi connectivity index (χ2n) is 17.9. The third-order valence-electron chi connectivity index (χ3n) is 11.3. The lowest BCUT2D eigenvalue weighted by Gasteiger charge is -2.36. The summed E-state index contributed by atoms with van der Waals surface area (Å²) in [6.45, 7) is 8.47. The Balaban J connectivity index is 1.16. The van der Waals surface area contributed by atoms with Gasteiger partial charge in [-0.2, -0.15) is 5.26 Å². The minimum absolute atomic E-state index is 0.128. The van der Waals surface area contributed by atoms with Gasteiger partial charge in [0, 0.05) is 29.7 Å². The van der Waals surface area contributed by atoms with E-state index in [0.29, 0.717) is 42.3 Å². The zero-order chi connectivity index (χ0) is 44.3. The van der Waals surface area contributed by atoms with Gasteiger partial charge in [0.05, 0.1) is 27.7 Å². The van der Waals surface area contributed by atoms with Crippen molar-refractivity contribution in [2.45, 2.75) is 110 Å². The van der Waals surface area contributed by atoms with Crippen LogP contribution in [0.25, 0.3) is 10.1 Å². The number of ether oxygens (including phenoxy) is 2. The number of fused-ring (bicyclic) bond motifs is 2. The van der Waals surface area contributed by atoms with Gasteiger partial charge in [0.2, 0.25) is 31.3 Å². The van der Waals surface area contributed by atoms with Crippen LogP contribution in [0.3, 0.4) is 0 Å².